The van der Waals surface area contributed by atoms with Crippen LogP contribution in [0.1, 0.15) is 84.0 Å². The number of hydrogen-bond donors (Lipinski definition) is 1. The maximum atomic E-state index is 11.7. The highest BCUT2D eigenvalue weighted by molar-refractivity contribution is 5.69. The maximum Gasteiger partial charge on any atom is 0.306 e. The molecule has 2 atom stereocenters. The summed E-state index contributed by atoms with van der Waals surface area (Å²) in [5.41, 5.74) is 0. The number of aliphatic hydroxyl groups excluding tert-OH is 1. The van der Waals surface area contributed by atoms with Crippen LogP contribution in [0, 0.1) is 0 Å². The predicted octanol–water partition coefficient (Wildman–Crippen LogP) is 3.97. The van der Waals surface area contributed by atoms with Gasteiger partial charge in [0, 0.05) is 6.42 Å². The summed E-state index contributed by atoms with van der Waals surface area (Å²) in [5.74, 6) is -0.125. The van der Waals surface area contributed by atoms with Gasteiger partial charge in [-0.3, -0.25) is 4.79 Å². The Kier molecular flexibility index (Phi) is 8.89. The molecule has 1 rings (SSSR count). The average Bonchev–Trinajstić information content (AvgIpc) is 2.40. The van der Waals surface area contributed by atoms with Gasteiger partial charge < -0.3 is 9.84 Å². The van der Waals surface area contributed by atoms with Gasteiger partial charge in [-0.25, -0.2) is 0 Å². The first kappa shape index (κ1) is 16.5. The van der Waals surface area contributed by atoms with Crippen molar-refractivity contribution in [2.75, 3.05) is 0 Å². The summed E-state index contributed by atoms with van der Waals surface area (Å²) in [4.78, 5) is 11.7. The molecule has 0 heterocycles. The van der Waals surface area contributed by atoms with E-state index in [-0.39, 0.29) is 12.1 Å². The molecule has 0 amide bonds. The molecule has 0 aromatic carbocycles. The SMILES string of the molecule is CCCCCCCCCC(=O)OC1CCCCC1O. The Morgan fingerprint density at radius 1 is 1.05 bits per heavy atom. The smallest absolute Gasteiger partial charge is 0.306 e. The summed E-state index contributed by atoms with van der Waals surface area (Å²) >= 11 is 0. The Morgan fingerprint density at radius 3 is 2.37 bits per heavy atom. The van der Waals surface area contributed by atoms with Gasteiger partial charge in [-0.15, -0.1) is 0 Å². The van der Waals surface area contributed by atoms with Gasteiger partial charge in [-0.05, 0) is 25.7 Å². The Bertz CT molecular complexity index is 240. The zero-order valence-corrected chi connectivity index (χ0v) is 12.4. The van der Waals surface area contributed by atoms with Crippen LogP contribution in [0.2, 0.25) is 0 Å². The van der Waals surface area contributed by atoms with Gasteiger partial charge in [-0.1, -0.05) is 51.9 Å². The van der Waals surface area contributed by atoms with E-state index in [9.17, 15) is 9.90 Å². The van der Waals surface area contributed by atoms with Crippen molar-refractivity contribution in [3.8, 4) is 0 Å². The molecule has 1 fully saturated rings. The standard InChI is InChI=1S/C16H30O3/c1-2-3-4-5-6-7-8-13-16(18)19-15-12-10-9-11-14(15)17/h14-15,17H,2-13H2,1H3. The third kappa shape index (κ3) is 7.56. The Hall–Kier alpha value is -0.570. The third-order valence-corrected chi connectivity index (χ3v) is 3.93. The molecule has 0 aliphatic heterocycles. The van der Waals surface area contributed by atoms with E-state index in [1.807, 2.05) is 0 Å². The zero-order valence-electron chi connectivity index (χ0n) is 12.4. The van der Waals surface area contributed by atoms with E-state index in [0.29, 0.717) is 6.42 Å². The lowest BCUT2D eigenvalue weighted by Crippen LogP contribution is -2.34. The molecule has 0 saturated heterocycles. The van der Waals surface area contributed by atoms with Crippen molar-refractivity contribution >= 4 is 5.97 Å². The fourth-order valence-corrected chi connectivity index (χ4v) is 2.67. The van der Waals surface area contributed by atoms with E-state index in [4.69, 9.17) is 4.74 Å². The first-order valence-electron chi connectivity index (χ1n) is 8.11. The molecule has 1 aliphatic rings. The second-order valence-electron chi connectivity index (χ2n) is 5.75. The number of rotatable bonds is 9. The van der Waals surface area contributed by atoms with Gasteiger partial charge in [0.15, 0.2) is 0 Å². The van der Waals surface area contributed by atoms with Crippen LogP contribution in [0.4, 0.5) is 0 Å². The molecule has 19 heavy (non-hydrogen) atoms. The first-order chi connectivity index (χ1) is 9.24. The number of ether oxygens (including phenoxy) is 1. The van der Waals surface area contributed by atoms with Gasteiger partial charge in [0.05, 0.1) is 6.10 Å². The van der Waals surface area contributed by atoms with Crippen LogP contribution in [0.3, 0.4) is 0 Å². The van der Waals surface area contributed by atoms with Crippen LogP contribution in [0.25, 0.3) is 0 Å². The van der Waals surface area contributed by atoms with E-state index < -0.39 is 6.10 Å². The van der Waals surface area contributed by atoms with Crippen LogP contribution < -0.4 is 0 Å². The zero-order chi connectivity index (χ0) is 13.9. The summed E-state index contributed by atoms with van der Waals surface area (Å²) in [6.45, 7) is 2.22. The van der Waals surface area contributed by atoms with Crippen LogP contribution >= 0.6 is 0 Å². The molecular weight excluding hydrogens is 240 g/mol. The first-order valence-corrected chi connectivity index (χ1v) is 8.11. The molecule has 0 aromatic rings. The highest BCUT2D eigenvalue weighted by atomic mass is 16.6. The summed E-state index contributed by atoms with van der Waals surface area (Å²) in [7, 11) is 0. The molecule has 2 unspecified atom stereocenters. The summed E-state index contributed by atoms with van der Waals surface area (Å²) in [6.07, 6.45) is 12.0. The van der Waals surface area contributed by atoms with Crippen LogP contribution in [0.15, 0.2) is 0 Å². The fraction of sp³-hybridized carbons (Fsp3) is 0.938. The molecule has 3 heteroatoms. The number of unbranched alkanes of at least 4 members (excludes halogenated alkanes) is 6. The molecule has 1 saturated carbocycles. The van der Waals surface area contributed by atoms with Gasteiger partial charge in [-0.2, -0.15) is 0 Å². The Labute approximate surface area is 117 Å². The van der Waals surface area contributed by atoms with Crippen LogP contribution in [-0.2, 0) is 9.53 Å². The number of esters is 1. The lowest BCUT2D eigenvalue weighted by Gasteiger charge is -2.27. The highest BCUT2D eigenvalue weighted by Crippen LogP contribution is 2.21. The van der Waals surface area contributed by atoms with Crippen LogP contribution in [0.5, 0.6) is 0 Å². The summed E-state index contributed by atoms with van der Waals surface area (Å²) < 4.78 is 5.36. The van der Waals surface area contributed by atoms with Crippen LogP contribution in [-0.4, -0.2) is 23.3 Å². The monoisotopic (exact) mass is 270 g/mol. The van der Waals surface area contributed by atoms with Gasteiger partial charge >= 0.3 is 5.97 Å². The molecule has 112 valence electrons. The lowest BCUT2D eigenvalue weighted by atomic mass is 9.95. The normalized spacial score (nSPS) is 23.3. The number of hydrogen-bond acceptors (Lipinski definition) is 3. The quantitative estimate of drug-likeness (QED) is 0.509. The van der Waals surface area contributed by atoms with Crippen molar-refractivity contribution in [2.24, 2.45) is 0 Å². The Balaban J connectivity index is 1.98. The summed E-state index contributed by atoms with van der Waals surface area (Å²) in [6, 6.07) is 0. The van der Waals surface area contributed by atoms with E-state index in [2.05, 4.69) is 6.92 Å². The van der Waals surface area contributed by atoms with Crippen molar-refractivity contribution < 1.29 is 14.6 Å². The lowest BCUT2D eigenvalue weighted by molar-refractivity contribution is -0.157. The minimum atomic E-state index is -0.438. The molecule has 1 N–H and O–H groups in total. The van der Waals surface area contributed by atoms with Gasteiger partial charge in [0.25, 0.3) is 0 Å². The van der Waals surface area contributed by atoms with Crippen molar-refractivity contribution in [1.29, 1.82) is 0 Å². The van der Waals surface area contributed by atoms with Gasteiger partial charge in [0.2, 0.25) is 0 Å². The van der Waals surface area contributed by atoms with Crippen molar-refractivity contribution in [2.45, 2.75) is 96.2 Å². The van der Waals surface area contributed by atoms with E-state index in [1.54, 1.807) is 0 Å². The molecule has 3 nitrogen and oxygen atoms in total. The average molecular weight is 270 g/mol. The van der Waals surface area contributed by atoms with Crippen molar-refractivity contribution in [3.63, 3.8) is 0 Å². The minimum Gasteiger partial charge on any atom is -0.460 e. The predicted molar refractivity (Wildman–Crippen MR) is 77.0 cm³/mol. The van der Waals surface area contributed by atoms with Crippen molar-refractivity contribution in [1.82, 2.24) is 0 Å². The third-order valence-electron chi connectivity index (χ3n) is 3.93. The van der Waals surface area contributed by atoms with Gasteiger partial charge in [0.1, 0.15) is 6.10 Å². The van der Waals surface area contributed by atoms with Crippen molar-refractivity contribution in [3.05, 3.63) is 0 Å². The second-order valence-corrected chi connectivity index (χ2v) is 5.75. The molecule has 0 aromatic heterocycles. The summed E-state index contributed by atoms with van der Waals surface area (Å²) in [5, 5.41) is 9.73. The second kappa shape index (κ2) is 10.2. The largest absolute Gasteiger partial charge is 0.460 e. The molecular formula is C16H30O3. The van der Waals surface area contributed by atoms with E-state index in [0.717, 1.165) is 38.5 Å². The van der Waals surface area contributed by atoms with E-state index in [1.165, 1.54) is 32.1 Å². The molecule has 0 radical (unpaired) electrons. The number of aliphatic hydroxyl groups is 1. The minimum absolute atomic E-state index is 0.125. The number of carbonyl (C=O) groups is 1. The topological polar surface area (TPSA) is 46.5 Å². The number of carbonyl (C=O) groups excluding carboxylic acids is 1. The molecule has 0 bridgehead atoms. The fourth-order valence-electron chi connectivity index (χ4n) is 2.67. The Morgan fingerprint density at radius 2 is 1.68 bits per heavy atom. The molecule has 1 aliphatic carbocycles. The van der Waals surface area contributed by atoms with E-state index >= 15 is 0 Å². The molecule has 0 spiro atoms. The maximum absolute atomic E-state index is 11.7. The highest BCUT2D eigenvalue weighted by Gasteiger charge is 2.26.